The summed E-state index contributed by atoms with van der Waals surface area (Å²) in [7, 11) is 5.35. The van der Waals surface area contributed by atoms with E-state index in [-0.39, 0.29) is 12.6 Å². The maximum Gasteiger partial charge on any atom is 0.123 e. The molecule has 0 saturated heterocycles. The van der Waals surface area contributed by atoms with Crippen LogP contribution >= 0.6 is 11.6 Å². The number of likely N-dealkylation sites (N-methyl/N-ethyl adjacent to an activating group) is 1. The summed E-state index contributed by atoms with van der Waals surface area (Å²) in [5, 5.41) is 10.6. The molecule has 0 fully saturated rings. The maximum atomic E-state index is 9.99. The zero-order chi connectivity index (χ0) is 13.0. The highest BCUT2D eigenvalue weighted by atomic mass is 35.5. The van der Waals surface area contributed by atoms with Gasteiger partial charge in [-0.25, -0.2) is 0 Å². The molecule has 2 atom stereocenters. The number of nitrogens with two attached hydrogens (primary N) is 1. The quantitative estimate of drug-likeness (QED) is 0.835. The average molecular weight is 259 g/mol. The molecule has 96 valence electrons. The highest BCUT2D eigenvalue weighted by molar-refractivity contribution is 6.30. The molecule has 0 aliphatic carbocycles. The highest BCUT2D eigenvalue weighted by Crippen LogP contribution is 2.32. The lowest BCUT2D eigenvalue weighted by Gasteiger charge is -2.30. The molecule has 1 rings (SSSR count). The van der Waals surface area contributed by atoms with Gasteiger partial charge in [-0.05, 0) is 32.3 Å². The van der Waals surface area contributed by atoms with Crippen molar-refractivity contribution in [3.05, 3.63) is 28.8 Å². The number of halogens is 1. The number of methoxy groups -OCH3 is 1. The summed E-state index contributed by atoms with van der Waals surface area (Å²) in [5.74, 6) is 0.695. The van der Waals surface area contributed by atoms with Gasteiger partial charge in [-0.1, -0.05) is 11.6 Å². The Kier molecular flexibility index (Phi) is 5.21. The van der Waals surface area contributed by atoms with Gasteiger partial charge in [0.25, 0.3) is 0 Å². The predicted octanol–water partition coefficient (Wildman–Crippen LogP) is 1.27. The fourth-order valence-corrected chi connectivity index (χ4v) is 2.08. The number of ether oxygens (including phenoxy) is 1. The van der Waals surface area contributed by atoms with Gasteiger partial charge in [0.05, 0.1) is 19.3 Å². The molecule has 2 unspecified atom stereocenters. The Bertz CT molecular complexity index is 372. The molecular formula is C12H19ClN2O2. The van der Waals surface area contributed by atoms with E-state index in [1.165, 1.54) is 0 Å². The molecule has 1 aromatic rings. The van der Waals surface area contributed by atoms with E-state index in [0.717, 1.165) is 5.56 Å². The van der Waals surface area contributed by atoms with Gasteiger partial charge in [-0.3, -0.25) is 4.90 Å². The second-order valence-corrected chi connectivity index (χ2v) is 4.53. The molecule has 17 heavy (non-hydrogen) atoms. The molecule has 0 bridgehead atoms. The Labute approximate surface area is 107 Å². The number of aliphatic hydroxyl groups is 1. The summed E-state index contributed by atoms with van der Waals surface area (Å²) in [4.78, 5) is 1.89. The molecule has 0 aliphatic rings. The number of rotatable bonds is 5. The molecule has 3 N–H and O–H groups in total. The van der Waals surface area contributed by atoms with Crippen LogP contribution in [0.25, 0.3) is 0 Å². The Morgan fingerprint density at radius 3 is 2.59 bits per heavy atom. The molecule has 1 aromatic carbocycles. The lowest BCUT2D eigenvalue weighted by atomic mass is 9.99. The Morgan fingerprint density at radius 2 is 2.12 bits per heavy atom. The summed E-state index contributed by atoms with van der Waals surface area (Å²) in [6.45, 7) is 0.179. The maximum absolute atomic E-state index is 9.99. The third-order valence-corrected chi connectivity index (χ3v) is 2.91. The molecule has 5 heteroatoms. The van der Waals surface area contributed by atoms with Crippen LogP contribution in [0.1, 0.15) is 11.6 Å². The number of nitrogens with zero attached hydrogens (tertiary/aromatic N) is 1. The highest BCUT2D eigenvalue weighted by Gasteiger charge is 2.25. The van der Waals surface area contributed by atoms with E-state index in [1.54, 1.807) is 25.3 Å². The molecule has 0 radical (unpaired) electrons. The van der Waals surface area contributed by atoms with Crippen molar-refractivity contribution in [2.24, 2.45) is 5.73 Å². The number of hydrogen-bond acceptors (Lipinski definition) is 4. The molecule has 4 nitrogen and oxygen atoms in total. The molecular weight excluding hydrogens is 240 g/mol. The Balaban J connectivity index is 3.21. The van der Waals surface area contributed by atoms with Crippen molar-refractivity contribution in [2.75, 3.05) is 27.7 Å². The van der Waals surface area contributed by atoms with Crippen molar-refractivity contribution in [2.45, 2.75) is 12.1 Å². The van der Waals surface area contributed by atoms with Crippen LogP contribution < -0.4 is 10.5 Å². The minimum absolute atomic E-state index is 0.179. The van der Waals surface area contributed by atoms with E-state index in [2.05, 4.69) is 0 Å². The Hall–Kier alpha value is -0.810. The van der Waals surface area contributed by atoms with Gasteiger partial charge in [0.2, 0.25) is 0 Å². The third-order valence-electron chi connectivity index (χ3n) is 2.67. The zero-order valence-electron chi connectivity index (χ0n) is 10.4. The van der Waals surface area contributed by atoms with Crippen molar-refractivity contribution >= 4 is 11.6 Å². The SMILES string of the molecule is COc1ccc(Cl)cc1C(C(O)CN)N(C)C. The van der Waals surface area contributed by atoms with Gasteiger partial charge < -0.3 is 15.6 Å². The summed E-state index contributed by atoms with van der Waals surface area (Å²) in [6, 6.07) is 5.10. The van der Waals surface area contributed by atoms with E-state index < -0.39 is 6.10 Å². The van der Waals surface area contributed by atoms with Gasteiger partial charge in [-0.15, -0.1) is 0 Å². The van der Waals surface area contributed by atoms with E-state index in [4.69, 9.17) is 22.1 Å². The zero-order valence-corrected chi connectivity index (χ0v) is 11.1. The van der Waals surface area contributed by atoms with Crippen molar-refractivity contribution in [1.29, 1.82) is 0 Å². The average Bonchev–Trinajstić information content (AvgIpc) is 2.29. The normalized spacial score (nSPS) is 14.8. The van der Waals surface area contributed by atoms with Crippen LogP contribution in [-0.2, 0) is 0 Å². The molecule has 0 heterocycles. The van der Waals surface area contributed by atoms with Crippen molar-refractivity contribution in [3.8, 4) is 5.75 Å². The third kappa shape index (κ3) is 3.33. The first-order valence-electron chi connectivity index (χ1n) is 5.39. The Morgan fingerprint density at radius 1 is 1.47 bits per heavy atom. The van der Waals surface area contributed by atoms with Crippen LogP contribution in [0.3, 0.4) is 0 Å². The lowest BCUT2D eigenvalue weighted by molar-refractivity contribution is 0.0808. The minimum atomic E-state index is -0.669. The van der Waals surface area contributed by atoms with Crippen LogP contribution in [0.15, 0.2) is 18.2 Å². The summed E-state index contributed by atoms with van der Waals surface area (Å²) >= 11 is 5.98. The predicted molar refractivity (Wildman–Crippen MR) is 69.5 cm³/mol. The van der Waals surface area contributed by atoms with E-state index >= 15 is 0 Å². The standard InChI is InChI=1S/C12H19ClN2O2/c1-15(2)12(10(16)7-14)9-6-8(13)4-5-11(9)17-3/h4-6,10,12,16H,7,14H2,1-3H3. The largest absolute Gasteiger partial charge is 0.496 e. The van der Waals surface area contributed by atoms with Gasteiger partial charge >= 0.3 is 0 Å². The van der Waals surface area contributed by atoms with Crippen molar-refractivity contribution in [1.82, 2.24) is 4.90 Å². The number of aliphatic hydroxyl groups excluding tert-OH is 1. The summed E-state index contributed by atoms with van der Waals surface area (Å²) in [5.41, 5.74) is 6.36. The fourth-order valence-electron chi connectivity index (χ4n) is 1.89. The fraction of sp³-hybridized carbons (Fsp3) is 0.500. The van der Waals surface area contributed by atoms with Crippen LogP contribution in [-0.4, -0.2) is 43.9 Å². The second-order valence-electron chi connectivity index (χ2n) is 4.10. The van der Waals surface area contributed by atoms with E-state index in [9.17, 15) is 5.11 Å². The van der Waals surface area contributed by atoms with Gasteiger partial charge in [0.1, 0.15) is 5.75 Å². The number of benzene rings is 1. The lowest BCUT2D eigenvalue weighted by Crippen LogP contribution is -2.36. The van der Waals surface area contributed by atoms with Crippen LogP contribution in [0, 0.1) is 0 Å². The van der Waals surface area contributed by atoms with Gasteiger partial charge in [-0.2, -0.15) is 0 Å². The van der Waals surface area contributed by atoms with Crippen LogP contribution in [0.5, 0.6) is 5.75 Å². The first-order valence-corrected chi connectivity index (χ1v) is 5.77. The molecule has 0 aliphatic heterocycles. The monoisotopic (exact) mass is 258 g/mol. The minimum Gasteiger partial charge on any atom is -0.496 e. The number of hydrogen-bond donors (Lipinski definition) is 2. The smallest absolute Gasteiger partial charge is 0.123 e. The molecule has 0 spiro atoms. The van der Waals surface area contributed by atoms with E-state index in [0.29, 0.717) is 10.8 Å². The molecule has 0 amide bonds. The van der Waals surface area contributed by atoms with Crippen molar-refractivity contribution < 1.29 is 9.84 Å². The summed E-state index contributed by atoms with van der Waals surface area (Å²) < 4.78 is 5.29. The molecule has 0 saturated carbocycles. The summed E-state index contributed by atoms with van der Waals surface area (Å²) in [6.07, 6.45) is -0.669. The second kappa shape index (κ2) is 6.21. The topological polar surface area (TPSA) is 58.7 Å². The van der Waals surface area contributed by atoms with Crippen molar-refractivity contribution in [3.63, 3.8) is 0 Å². The first kappa shape index (κ1) is 14.3. The first-order chi connectivity index (χ1) is 8.01. The van der Waals surface area contributed by atoms with Crippen LogP contribution in [0.2, 0.25) is 5.02 Å². The van der Waals surface area contributed by atoms with Gasteiger partial charge in [0.15, 0.2) is 0 Å². The molecule has 0 aromatic heterocycles. The van der Waals surface area contributed by atoms with Crippen LogP contribution in [0.4, 0.5) is 0 Å². The van der Waals surface area contributed by atoms with E-state index in [1.807, 2.05) is 19.0 Å². The van der Waals surface area contributed by atoms with Gasteiger partial charge in [0, 0.05) is 17.1 Å².